The summed E-state index contributed by atoms with van der Waals surface area (Å²) < 4.78 is 62.6. The van der Waals surface area contributed by atoms with E-state index in [9.17, 15) is 46.3 Å². The third-order valence-electron chi connectivity index (χ3n) is 17.3. The van der Waals surface area contributed by atoms with Crippen LogP contribution in [0.1, 0.15) is 197 Å². The number of nitrogens with one attached hydrogen (secondary N) is 5. The fourth-order valence-corrected chi connectivity index (χ4v) is 14.0. The van der Waals surface area contributed by atoms with Crippen LogP contribution in [-0.4, -0.2) is 99.1 Å². The van der Waals surface area contributed by atoms with Gasteiger partial charge in [0.25, 0.3) is 24.7 Å². The van der Waals surface area contributed by atoms with Crippen molar-refractivity contribution in [2.75, 3.05) is 26.6 Å². The van der Waals surface area contributed by atoms with Crippen LogP contribution >= 0.6 is 99.0 Å². The van der Waals surface area contributed by atoms with Crippen LogP contribution < -0.4 is 26.6 Å². The number of anilines is 2. The Morgan fingerprint density at radius 1 is 0.608 bits per heavy atom. The maximum Gasteiger partial charge on any atom is 0.410 e. The van der Waals surface area contributed by atoms with E-state index in [4.69, 9.17) is 26.3 Å². The number of hydrogen-bond acceptors (Lipinski definition) is 12. The number of halogens is 9. The quantitative estimate of drug-likeness (QED) is 0.0219. The van der Waals surface area contributed by atoms with Crippen molar-refractivity contribution in [1.82, 2.24) is 40.0 Å². The van der Waals surface area contributed by atoms with E-state index in [0.29, 0.717) is 65.3 Å². The molecule has 28 heteroatoms. The molecule has 2 fully saturated rings. The highest BCUT2D eigenvalue weighted by Gasteiger charge is 2.34. The Kier molecular flexibility index (Phi) is 31.6. The van der Waals surface area contributed by atoms with Crippen molar-refractivity contribution in [1.29, 1.82) is 0 Å². The largest absolute Gasteiger partial charge is 0.445 e. The smallest absolute Gasteiger partial charge is 0.410 e. The number of benzene rings is 3. The number of aromatic nitrogens is 4. The van der Waals surface area contributed by atoms with Crippen LogP contribution in [0, 0.1) is 10.8 Å². The predicted octanol–water partition coefficient (Wildman–Crippen LogP) is 18.6. The maximum atomic E-state index is 13.5. The van der Waals surface area contributed by atoms with Crippen molar-refractivity contribution in [3.8, 4) is 0 Å². The first-order valence-electron chi connectivity index (χ1n) is 32.1. The molecule has 17 nitrogen and oxygen atoms in total. The number of amides is 5. The Hall–Kier alpha value is -5.29. The number of thiophene rings is 2. The molecular formula is C69H87Br4ClF4N10O7S2. The van der Waals surface area contributed by atoms with Gasteiger partial charge in [-0.1, -0.05) is 132 Å². The summed E-state index contributed by atoms with van der Waals surface area (Å²) in [5.74, 6) is -0.181. The van der Waals surface area contributed by atoms with E-state index in [1.807, 2.05) is 72.2 Å². The SMILES string of the molecule is Br.C[C@H](N(Cc1ccc2c(c1)nc(NC(=O)c1ccc(C(F)F)s1)n2C1CCC(NC(=O)CCBr)CC1)C(=O)OCc1ccccc1)C(C)(C)C.C[C@H](NCc1ccc2c(c1)nc(NC(=O)c1ccc(C(F)F)s1)n2C1CCC(NC(=O)CCBr)CC1)C(C)(C)C.O=C(Cl)CCBr. The van der Waals surface area contributed by atoms with Crippen LogP contribution in [0.25, 0.3) is 22.1 Å². The first-order chi connectivity index (χ1) is 45.6. The van der Waals surface area contributed by atoms with Gasteiger partial charge in [0, 0.05) is 84.6 Å². The summed E-state index contributed by atoms with van der Waals surface area (Å²) in [4.78, 5) is 85.4. The molecular weight excluding hydrogens is 1580 g/mol. The standard InChI is InChI=1S/C37H44BrF2N5O4S.C29H38BrF2N5O2S.C3H4BrClO.BrH/c1-23(37(2,3)4)44(36(48)49-22-24-8-6-5-7-9-24)21-25-10-15-29-28(20-25)42-35(43-34(47)31-17-16-30(50-31)33(39)40)45(29)27-13-11-26(12-14-27)41-32(46)18-19-38;1-17(29(2,3)4)33-16-18-5-10-22-21(15-18)35-28(36-27(39)24-12-11-23(40-24)26(31)32)37(22)20-8-6-19(7-9-20)34-25(38)13-14-30;4-2-1-3(5)6;/h5-10,15-17,20,23,26-27,33H,11-14,18-19,21-22H2,1-4H3,(H,41,46)(H,42,43,47);5,10-12,15,17,19-20,26,33H,6-9,13-14,16H2,1-4H3,(H,34,38)(H,35,36,39);1-2H2;1H/t23-,26?,27?;17-,19?,20?;;/m00../s1. The summed E-state index contributed by atoms with van der Waals surface area (Å²) in [6, 6.07) is 27.3. The highest BCUT2D eigenvalue weighted by Crippen LogP contribution is 2.39. The molecule has 5 amide bonds. The van der Waals surface area contributed by atoms with Gasteiger partial charge in [0.05, 0.1) is 41.6 Å². The van der Waals surface area contributed by atoms with E-state index in [1.54, 1.807) is 4.90 Å². The van der Waals surface area contributed by atoms with E-state index in [-0.39, 0.29) is 108 Å². The first-order valence-corrected chi connectivity index (χ1v) is 37.5. The molecule has 4 heterocycles. The van der Waals surface area contributed by atoms with E-state index in [2.05, 4.69) is 133 Å². The zero-order valence-corrected chi connectivity index (χ0v) is 64.5. The third-order valence-corrected chi connectivity index (χ3v) is 20.9. The minimum Gasteiger partial charge on any atom is -0.445 e. The molecule has 2 saturated carbocycles. The normalized spacial score (nSPS) is 17.0. The third kappa shape index (κ3) is 23.7. The number of ether oxygens (including phenoxy) is 1. The Morgan fingerprint density at radius 3 is 1.44 bits per heavy atom. The van der Waals surface area contributed by atoms with E-state index < -0.39 is 30.8 Å². The number of carbonyl (C=O) groups is 6. The molecule has 0 bridgehead atoms. The molecule has 7 aromatic rings. The van der Waals surface area contributed by atoms with Gasteiger partial charge in [0.2, 0.25) is 29.0 Å². The molecule has 0 saturated heterocycles. The van der Waals surface area contributed by atoms with Gasteiger partial charge in [-0.05, 0) is 153 Å². The van der Waals surface area contributed by atoms with Crippen molar-refractivity contribution >= 4 is 168 Å². The van der Waals surface area contributed by atoms with Crippen LogP contribution in [-0.2, 0) is 38.8 Å². The molecule has 0 unspecified atom stereocenters. The van der Waals surface area contributed by atoms with Gasteiger partial charge in [-0.3, -0.25) is 34.6 Å². The number of hydrogen-bond donors (Lipinski definition) is 5. The lowest BCUT2D eigenvalue weighted by Crippen LogP contribution is -2.45. The molecule has 2 aliphatic carbocycles. The number of alkyl halides is 7. The lowest BCUT2D eigenvalue weighted by atomic mass is 9.87. The zero-order chi connectivity index (χ0) is 70.0. The van der Waals surface area contributed by atoms with Crippen LogP contribution in [0.3, 0.4) is 0 Å². The molecule has 2 atom stereocenters. The molecule has 97 heavy (non-hydrogen) atoms. The van der Waals surface area contributed by atoms with Crippen molar-refractivity contribution < 1.29 is 51.1 Å². The second-order valence-corrected chi connectivity index (χ2v) is 31.2. The summed E-state index contributed by atoms with van der Waals surface area (Å²) >= 11 is 16.1. The first kappa shape index (κ1) is 80.7. The molecule has 530 valence electrons. The summed E-state index contributed by atoms with van der Waals surface area (Å²) in [5.41, 5.74) is 5.83. The average Bonchev–Trinajstić information content (AvgIpc) is 1.64. The number of rotatable bonds is 24. The van der Waals surface area contributed by atoms with Gasteiger partial charge in [-0.15, -0.1) is 39.7 Å². The van der Waals surface area contributed by atoms with Crippen LogP contribution in [0.5, 0.6) is 0 Å². The highest BCUT2D eigenvalue weighted by atomic mass is 79.9. The molecule has 0 aliphatic heterocycles. The fraction of sp³-hybridized carbons (Fsp3) is 0.507. The van der Waals surface area contributed by atoms with E-state index in [0.717, 1.165) is 107 Å². The molecule has 9 rings (SSSR count). The van der Waals surface area contributed by atoms with Crippen molar-refractivity contribution in [2.45, 2.75) is 195 Å². The van der Waals surface area contributed by atoms with E-state index >= 15 is 0 Å². The Morgan fingerprint density at radius 2 is 1.05 bits per heavy atom. The van der Waals surface area contributed by atoms with Crippen LogP contribution in [0.15, 0.2) is 91.0 Å². The molecule has 0 spiro atoms. The fourth-order valence-electron chi connectivity index (χ4n) is 11.1. The van der Waals surface area contributed by atoms with Crippen LogP contribution in [0.2, 0.25) is 0 Å². The summed E-state index contributed by atoms with van der Waals surface area (Å²) in [6.07, 6.45) is 1.86. The van der Waals surface area contributed by atoms with Crippen molar-refractivity contribution in [3.63, 3.8) is 0 Å². The Labute approximate surface area is 613 Å². The average molecular weight is 1660 g/mol. The van der Waals surface area contributed by atoms with Gasteiger partial charge in [0.15, 0.2) is 0 Å². The highest BCUT2D eigenvalue weighted by molar-refractivity contribution is 9.09. The predicted molar refractivity (Wildman–Crippen MR) is 396 cm³/mol. The summed E-state index contributed by atoms with van der Waals surface area (Å²) in [7, 11) is 0. The number of carbonyl (C=O) groups excluding carboxylic acids is 6. The van der Waals surface area contributed by atoms with Crippen LogP contribution in [0.4, 0.5) is 34.3 Å². The number of nitrogens with zero attached hydrogens (tertiary/aromatic N) is 5. The molecule has 5 N–H and O–H groups in total. The van der Waals surface area contributed by atoms with Gasteiger partial charge in [-0.25, -0.2) is 32.3 Å². The van der Waals surface area contributed by atoms with Gasteiger partial charge in [-0.2, -0.15) is 0 Å². The summed E-state index contributed by atoms with van der Waals surface area (Å²) in [6.45, 7) is 18.1. The maximum absolute atomic E-state index is 13.5. The van der Waals surface area contributed by atoms with E-state index in [1.165, 1.54) is 24.3 Å². The zero-order valence-electron chi connectivity index (χ0n) is 55.6. The number of imidazole rings is 2. The lowest BCUT2D eigenvalue weighted by molar-refractivity contribution is -0.122. The molecule has 2 aliphatic rings. The minimum absolute atomic E-state index is 0. The topological polar surface area (TPSA) is 211 Å². The van der Waals surface area contributed by atoms with Gasteiger partial charge >= 0.3 is 6.09 Å². The molecule has 4 aromatic heterocycles. The minimum atomic E-state index is -2.66. The van der Waals surface area contributed by atoms with Crippen molar-refractivity contribution in [3.05, 3.63) is 127 Å². The van der Waals surface area contributed by atoms with Gasteiger partial charge < -0.3 is 34.7 Å². The Balaban J connectivity index is 0.000000285. The second kappa shape index (κ2) is 37.9. The lowest BCUT2D eigenvalue weighted by Gasteiger charge is -2.37. The molecule has 3 aromatic carbocycles. The number of fused-ring (bicyclic) bond motifs is 2. The summed E-state index contributed by atoms with van der Waals surface area (Å²) in [5, 5.41) is 17.2. The monoisotopic (exact) mass is 1660 g/mol. The second-order valence-electron chi connectivity index (χ2n) is 26.2. The van der Waals surface area contributed by atoms with Crippen molar-refractivity contribution in [2.24, 2.45) is 10.8 Å². The Bertz CT molecular complexity index is 3740. The molecule has 0 radical (unpaired) electrons. The van der Waals surface area contributed by atoms with Gasteiger partial charge in [0.1, 0.15) is 6.61 Å².